The van der Waals surface area contributed by atoms with Crippen molar-refractivity contribution in [2.75, 3.05) is 20.1 Å². The van der Waals surface area contributed by atoms with E-state index in [0.29, 0.717) is 5.02 Å². The summed E-state index contributed by atoms with van der Waals surface area (Å²) in [7, 11) is 2.05. The van der Waals surface area contributed by atoms with Crippen molar-refractivity contribution in [3.8, 4) is 5.75 Å². The van der Waals surface area contributed by atoms with E-state index in [1.54, 1.807) is 0 Å². The number of halogens is 1. The molecule has 1 aliphatic heterocycles. The first-order valence-electron chi connectivity index (χ1n) is 6.09. The molecule has 1 saturated heterocycles. The molecule has 2 rings (SSSR count). The quantitative estimate of drug-likeness (QED) is 0.813. The number of carbonyl (C=O) groups is 1. The second-order valence-electron chi connectivity index (χ2n) is 4.58. The van der Waals surface area contributed by atoms with Crippen LogP contribution in [0.15, 0.2) is 23.3 Å². The standard InChI is InChI=1S/C13H16ClN3O2/c1-17-6-4-10(5-7-17)15-16-13(19)11-8-9(14)2-3-12(11)18/h2-3,8,18H,4-7H2,1H3,(H,16,19). The zero-order valence-corrected chi connectivity index (χ0v) is 11.4. The molecule has 0 saturated carbocycles. The Bertz CT molecular complexity index is 507. The Balaban J connectivity index is 2.01. The van der Waals surface area contributed by atoms with E-state index in [2.05, 4.69) is 22.5 Å². The van der Waals surface area contributed by atoms with Crippen LogP contribution in [0.1, 0.15) is 23.2 Å². The highest BCUT2D eigenvalue weighted by atomic mass is 35.5. The van der Waals surface area contributed by atoms with E-state index in [9.17, 15) is 9.90 Å². The van der Waals surface area contributed by atoms with E-state index >= 15 is 0 Å². The molecule has 1 heterocycles. The number of benzene rings is 1. The number of nitrogens with one attached hydrogen (secondary N) is 1. The van der Waals surface area contributed by atoms with Crippen molar-refractivity contribution < 1.29 is 9.90 Å². The van der Waals surface area contributed by atoms with Crippen LogP contribution in [0.2, 0.25) is 5.02 Å². The van der Waals surface area contributed by atoms with E-state index in [0.717, 1.165) is 31.6 Å². The number of hydrogen-bond donors (Lipinski definition) is 2. The summed E-state index contributed by atoms with van der Waals surface area (Å²) in [4.78, 5) is 14.1. The summed E-state index contributed by atoms with van der Waals surface area (Å²) in [6, 6.07) is 4.33. The molecule has 0 unspecified atom stereocenters. The zero-order valence-electron chi connectivity index (χ0n) is 10.7. The molecule has 2 N–H and O–H groups in total. The van der Waals surface area contributed by atoms with Crippen LogP contribution < -0.4 is 5.43 Å². The Kier molecular flexibility index (Phi) is 4.39. The van der Waals surface area contributed by atoms with Gasteiger partial charge in [0, 0.05) is 36.7 Å². The van der Waals surface area contributed by atoms with E-state index in [4.69, 9.17) is 11.6 Å². The number of likely N-dealkylation sites (tertiary alicyclic amines) is 1. The highest BCUT2D eigenvalue weighted by Crippen LogP contribution is 2.21. The van der Waals surface area contributed by atoms with Crippen LogP contribution in [0, 0.1) is 0 Å². The number of phenols is 1. The van der Waals surface area contributed by atoms with Gasteiger partial charge in [0.25, 0.3) is 5.91 Å². The van der Waals surface area contributed by atoms with Crippen LogP contribution in [0.5, 0.6) is 5.75 Å². The van der Waals surface area contributed by atoms with Crippen LogP contribution in [-0.4, -0.2) is 41.8 Å². The Morgan fingerprint density at radius 2 is 2.11 bits per heavy atom. The maximum absolute atomic E-state index is 11.9. The highest BCUT2D eigenvalue weighted by molar-refractivity contribution is 6.31. The van der Waals surface area contributed by atoms with Gasteiger partial charge in [-0.1, -0.05) is 11.6 Å². The van der Waals surface area contributed by atoms with Crippen LogP contribution in [-0.2, 0) is 0 Å². The lowest BCUT2D eigenvalue weighted by atomic mass is 10.1. The van der Waals surface area contributed by atoms with E-state index in [1.165, 1.54) is 18.2 Å². The number of piperidine rings is 1. The lowest BCUT2D eigenvalue weighted by Crippen LogP contribution is -2.32. The van der Waals surface area contributed by atoms with Gasteiger partial charge in [-0.2, -0.15) is 5.10 Å². The molecule has 0 aliphatic carbocycles. The number of carbonyl (C=O) groups excluding carboxylic acids is 1. The van der Waals surface area contributed by atoms with Crippen molar-refractivity contribution in [2.45, 2.75) is 12.8 Å². The smallest absolute Gasteiger partial charge is 0.275 e. The van der Waals surface area contributed by atoms with Gasteiger partial charge in [-0.25, -0.2) is 5.43 Å². The Morgan fingerprint density at radius 1 is 1.42 bits per heavy atom. The highest BCUT2D eigenvalue weighted by Gasteiger charge is 2.14. The van der Waals surface area contributed by atoms with Gasteiger partial charge in [0.2, 0.25) is 0 Å². The Morgan fingerprint density at radius 3 is 2.79 bits per heavy atom. The van der Waals surface area contributed by atoms with E-state index in [1.807, 2.05) is 0 Å². The lowest BCUT2D eigenvalue weighted by molar-refractivity contribution is 0.0952. The molecule has 1 aromatic carbocycles. The van der Waals surface area contributed by atoms with E-state index < -0.39 is 5.91 Å². The Hall–Kier alpha value is -1.59. The third-order valence-electron chi connectivity index (χ3n) is 3.08. The summed E-state index contributed by atoms with van der Waals surface area (Å²) >= 11 is 5.79. The van der Waals surface area contributed by atoms with Gasteiger partial charge in [0.15, 0.2) is 0 Å². The molecule has 19 heavy (non-hydrogen) atoms. The first kappa shape index (κ1) is 13.8. The van der Waals surface area contributed by atoms with Gasteiger partial charge in [0.05, 0.1) is 5.56 Å². The normalized spacial score (nSPS) is 16.2. The van der Waals surface area contributed by atoms with Crippen molar-refractivity contribution in [1.82, 2.24) is 10.3 Å². The zero-order chi connectivity index (χ0) is 13.8. The van der Waals surface area contributed by atoms with Gasteiger partial charge in [-0.05, 0) is 25.2 Å². The first-order valence-corrected chi connectivity index (χ1v) is 6.47. The molecule has 0 radical (unpaired) electrons. The average molecular weight is 282 g/mol. The molecule has 1 aliphatic rings. The molecule has 1 fully saturated rings. The summed E-state index contributed by atoms with van der Waals surface area (Å²) in [5.41, 5.74) is 3.56. The fraction of sp³-hybridized carbons (Fsp3) is 0.385. The van der Waals surface area contributed by atoms with Crippen molar-refractivity contribution in [3.63, 3.8) is 0 Å². The SMILES string of the molecule is CN1CCC(=NNC(=O)c2cc(Cl)ccc2O)CC1. The van der Waals surface area contributed by atoms with Crippen molar-refractivity contribution in [2.24, 2.45) is 5.10 Å². The van der Waals surface area contributed by atoms with E-state index in [-0.39, 0.29) is 11.3 Å². The average Bonchev–Trinajstić information content (AvgIpc) is 2.40. The van der Waals surface area contributed by atoms with Gasteiger partial charge in [0.1, 0.15) is 5.75 Å². The molecule has 1 aromatic rings. The maximum Gasteiger partial charge on any atom is 0.275 e. The second-order valence-corrected chi connectivity index (χ2v) is 5.02. The molecule has 0 aromatic heterocycles. The largest absolute Gasteiger partial charge is 0.507 e. The molecule has 0 bridgehead atoms. The minimum Gasteiger partial charge on any atom is -0.507 e. The third kappa shape index (κ3) is 3.68. The fourth-order valence-electron chi connectivity index (χ4n) is 1.87. The number of phenolic OH excluding ortho intramolecular Hbond substituents is 1. The van der Waals surface area contributed by atoms with Gasteiger partial charge < -0.3 is 10.0 Å². The molecule has 102 valence electrons. The van der Waals surface area contributed by atoms with Gasteiger partial charge >= 0.3 is 0 Å². The predicted molar refractivity (Wildman–Crippen MR) is 74.7 cm³/mol. The molecule has 0 atom stereocenters. The second kappa shape index (κ2) is 6.04. The van der Waals surface area contributed by atoms with Crippen molar-refractivity contribution >= 4 is 23.2 Å². The summed E-state index contributed by atoms with van der Waals surface area (Å²) in [5.74, 6) is -0.558. The van der Waals surface area contributed by atoms with Gasteiger partial charge in [-0.3, -0.25) is 4.79 Å². The first-order chi connectivity index (χ1) is 9.06. The summed E-state index contributed by atoms with van der Waals surface area (Å²) in [6.45, 7) is 1.88. The summed E-state index contributed by atoms with van der Waals surface area (Å²) in [6.07, 6.45) is 1.69. The number of hydrogen-bond acceptors (Lipinski definition) is 4. The molecule has 1 amide bonds. The Labute approximate surface area is 116 Å². The van der Waals surface area contributed by atoms with Crippen LogP contribution >= 0.6 is 11.6 Å². The molecule has 0 spiro atoms. The van der Waals surface area contributed by atoms with Crippen molar-refractivity contribution in [3.05, 3.63) is 28.8 Å². The molecule has 5 nitrogen and oxygen atoms in total. The van der Waals surface area contributed by atoms with Crippen LogP contribution in [0.25, 0.3) is 0 Å². The lowest BCUT2D eigenvalue weighted by Gasteiger charge is -2.22. The van der Waals surface area contributed by atoms with Gasteiger partial charge in [-0.15, -0.1) is 0 Å². The monoisotopic (exact) mass is 281 g/mol. The third-order valence-corrected chi connectivity index (χ3v) is 3.32. The fourth-order valence-corrected chi connectivity index (χ4v) is 2.04. The molecular formula is C13H16ClN3O2. The summed E-state index contributed by atoms with van der Waals surface area (Å²) in [5, 5.41) is 14.1. The van der Waals surface area contributed by atoms with Crippen LogP contribution in [0.3, 0.4) is 0 Å². The van der Waals surface area contributed by atoms with Crippen molar-refractivity contribution in [1.29, 1.82) is 0 Å². The number of aromatic hydroxyl groups is 1. The number of amides is 1. The minimum atomic E-state index is -0.452. The minimum absolute atomic E-state index is 0.106. The maximum atomic E-state index is 11.9. The molecule has 6 heteroatoms. The number of rotatable bonds is 2. The number of nitrogens with zero attached hydrogens (tertiary/aromatic N) is 2. The number of hydrazone groups is 1. The van der Waals surface area contributed by atoms with Crippen LogP contribution in [0.4, 0.5) is 0 Å². The molecular weight excluding hydrogens is 266 g/mol. The predicted octanol–water partition coefficient (Wildman–Crippen LogP) is 1.86. The topological polar surface area (TPSA) is 64.9 Å². The summed E-state index contributed by atoms with van der Waals surface area (Å²) < 4.78 is 0.